The Bertz CT molecular complexity index is 1040. The van der Waals surface area contributed by atoms with E-state index in [1.807, 2.05) is 0 Å². The molecule has 4 aliphatic heterocycles. The van der Waals surface area contributed by atoms with Gasteiger partial charge in [0.15, 0.2) is 0 Å². The average Bonchev–Trinajstić information content (AvgIpc) is 3.55. The third kappa shape index (κ3) is 4.32. The van der Waals surface area contributed by atoms with Crippen LogP contribution in [0.3, 0.4) is 0 Å². The van der Waals surface area contributed by atoms with Crippen LogP contribution in [0.1, 0.15) is 46.5 Å². The number of carbonyl (C=O) groups excluding carboxylic acids is 4. The van der Waals surface area contributed by atoms with Crippen LogP contribution < -0.4 is 16.4 Å². The molecule has 4 heterocycles. The van der Waals surface area contributed by atoms with Gasteiger partial charge >= 0.3 is 12.1 Å². The number of nitrogens with one attached hydrogen (secondary N) is 2. The number of fused-ring (bicyclic) bond motifs is 5. The summed E-state index contributed by atoms with van der Waals surface area (Å²) in [7, 11) is 0. The van der Waals surface area contributed by atoms with Gasteiger partial charge in [0.1, 0.15) is 11.6 Å². The molecule has 13 heteroatoms. The molecular formula is C24H32F3N5O5. The number of hydrogen-bond donors (Lipinski definition) is 3. The van der Waals surface area contributed by atoms with Crippen molar-refractivity contribution in [1.29, 1.82) is 5.26 Å². The number of amides is 4. The largest absolute Gasteiger partial charge is 0.471 e. The van der Waals surface area contributed by atoms with Crippen molar-refractivity contribution in [1.82, 2.24) is 15.5 Å². The molecule has 204 valence electrons. The molecule has 4 amide bonds. The highest BCUT2D eigenvalue weighted by molar-refractivity contribution is 5.96. The lowest BCUT2D eigenvalue weighted by Crippen LogP contribution is -2.68. The molecule has 0 aliphatic carbocycles. The summed E-state index contributed by atoms with van der Waals surface area (Å²) in [6, 6.07) is 0.455. The number of carbonyl (C=O) groups is 4. The molecule has 0 spiro atoms. The van der Waals surface area contributed by atoms with Crippen molar-refractivity contribution in [3.8, 4) is 6.07 Å². The molecule has 4 aliphatic rings. The Kier molecular flexibility index (Phi) is 6.72. The van der Waals surface area contributed by atoms with E-state index in [2.05, 4.69) is 11.4 Å². The lowest BCUT2D eigenvalue weighted by molar-refractivity contribution is -0.176. The first-order valence-corrected chi connectivity index (χ1v) is 12.5. The second kappa shape index (κ2) is 9.15. The molecule has 37 heavy (non-hydrogen) atoms. The van der Waals surface area contributed by atoms with Gasteiger partial charge in [-0.1, -0.05) is 20.8 Å². The van der Waals surface area contributed by atoms with E-state index in [0.29, 0.717) is 25.8 Å². The summed E-state index contributed by atoms with van der Waals surface area (Å²) in [5, 5.41) is 14.8. The first-order chi connectivity index (χ1) is 17.1. The van der Waals surface area contributed by atoms with E-state index >= 15 is 0 Å². The number of nitrogens with two attached hydrogens (primary N) is 1. The van der Waals surface area contributed by atoms with Crippen LogP contribution in [-0.2, 0) is 23.9 Å². The molecule has 4 saturated heterocycles. The number of alkyl halides is 3. The van der Waals surface area contributed by atoms with Crippen LogP contribution in [0.5, 0.6) is 0 Å². The van der Waals surface area contributed by atoms with Gasteiger partial charge in [-0.15, -0.1) is 0 Å². The van der Waals surface area contributed by atoms with Crippen LogP contribution in [0.15, 0.2) is 0 Å². The SMILES string of the molecule is CC(C)(C)[C@H](NC(=O)C(F)(F)F)C(=O)N1CC2C3CCC(O3)C2C1(C(N)=O)[C@@H](C#N)C[C@H]1CCNC1=O. The Morgan fingerprint density at radius 2 is 1.89 bits per heavy atom. The summed E-state index contributed by atoms with van der Waals surface area (Å²) in [5.74, 6) is -7.25. The first kappa shape index (κ1) is 27.2. The Morgan fingerprint density at radius 1 is 1.24 bits per heavy atom. The minimum Gasteiger partial charge on any atom is -0.374 e. The van der Waals surface area contributed by atoms with Crippen LogP contribution in [-0.4, -0.2) is 71.6 Å². The number of nitrogens with zero attached hydrogens (tertiary/aromatic N) is 2. The molecule has 4 fully saturated rings. The molecule has 0 aromatic heterocycles. The number of primary amides is 1. The van der Waals surface area contributed by atoms with Crippen molar-refractivity contribution in [2.45, 2.75) is 76.4 Å². The van der Waals surface area contributed by atoms with Gasteiger partial charge in [0, 0.05) is 30.8 Å². The molecule has 8 atom stereocenters. The van der Waals surface area contributed by atoms with E-state index in [1.165, 1.54) is 20.8 Å². The summed E-state index contributed by atoms with van der Waals surface area (Å²) < 4.78 is 45.5. The maximum Gasteiger partial charge on any atom is 0.471 e. The quantitative estimate of drug-likeness (QED) is 0.460. The summed E-state index contributed by atoms with van der Waals surface area (Å²) in [6.45, 7) is 4.83. The second-order valence-corrected chi connectivity index (χ2v) is 11.6. The Balaban J connectivity index is 1.80. The average molecular weight is 528 g/mol. The van der Waals surface area contributed by atoms with Crippen LogP contribution in [0, 0.1) is 40.4 Å². The van der Waals surface area contributed by atoms with Crippen LogP contribution >= 0.6 is 0 Å². The molecule has 0 radical (unpaired) electrons. The third-order valence-corrected chi connectivity index (χ3v) is 8.45. The molecule has 0 saturated carbocycles. The zero-order valence-electron chi connectivity index (χ0n) is 20.9. The van der Waals surface area contributed by atoms with Crippen molar-refractivity contribution in [2.75, 3.05) is 13.1 Å². The molecule has 0 aromatic carbocycles. The maximum absolute atomic E-state index is 14.1. The molecule has 4 rings (SSSR count). The predicted molar refractivity (Wildman–Crippen MR) is 121 cm³/mol. The monoisotopic (exact) mass is 527 g/mol. The number of likely N-dealkylation sites (tertiary alicyclic amines) is 1. The summed E-state index contributed by atoms with van der Waals surface area (Å²) in [5.41, 5.74) is 2.92. The second-order valence-electron chi connectivity index (χ2n) is 11.6. The lowest BCUT2D eigenvalue weighted by Gasteiger charge is -2.46. The van der Waals surface area contributed by atoms with Crippen LogP contribution in [0.2, 0.25) is 0 Å². The topological polar surface area (TPSA) is 155 Å². The van der Waals surface area contributed by atoms with E-state index in [-0.39, 0.29) is 30.9 Å². The lowest BCUT2D eigenvalue weighted by atomic mass is 9.64. The van der Waals surface area contributed by atoms with E-state index in [4.69, 9.17) is 10.5 Å². The summed E-state index contributed by atoms with van der Waals surface area (Å²) in [6.07, 6.45) is -4.35. The first-order valence-electron chi connectivity index (χ1n) is 12.5. The molecule has 5 unspecified atom stereocenters. The highest BCUT2D eigenvalue weighted by atomic mass is 19.4. The number of rotatable bonds is 6. The van der Waals surface area contributed by atoms with E-state index in [0.717, 1.165) is 4.90 Å². The minimum absolute atomic E-state index is 0.0508. The molecule has 0 aromatic rings. The minimum atomic E-state index is -5.23. The third-order valence-electron chi connectivity index (χ3n) is 8.45. The van der Waals surface area contributed by atoms with Gasteiger partial charge in [-0.3, -0.25) is 19.2 Å². The zero-order chi connectivity index (χ0) is 27.5. The predicted octanol–water partition coefficient (Wildman–Crippen LogP) is 0.605. The van der Waals surface area contributed by atoms with Crippen molar-refractivity contribution < 1.29 is 37.1 Å². The summed E-state index contributed by atoms with van der Waals surface area (Å²) in [4.78, 5) is 52.9. The zero-order valence-corrected chi connectivity index (χ0v) is 20.9. The highest BCUT2D eigenvalue weighted by Gasteiger charge is 2.71. The highest BCUT2D eigenvalue weighted by Crippen LogP contribution is 2.58. The molecule has 10 nitrogen and oxygen atoms in total. The van der Waals surface area contributed by atoms with Crippen molar-refractivity contribution >= 4 is 23.6 Å². The van der Waals surface area contributed by atoms with Crippen molar-refractivity contribution in [3.63, 3.8) is 0 Å². The smallest absolute Gasteiger partial charge is 0.374 e. The van der Waals surface area contributed by atoms with Crippen LogP contribution in [0.4, 0.5) is 13.2 Å². The van der Waals surface area contributed by atoms with Gasteiger partial charge in [0.2, 0.25) is 17.7 Å². The standard InChI is InChI=1S/C24H32F3N5O5/c1-22(2,3)17(31-21(36)24(25,26)27)19(34)32-10-13-14-4-5-15(37-14)16(13)23(32,20(29)35)12(9-28)8-11-6-7-30-18(11)33/h11-17H,4-8,10H2,1-3H3,(H2,29,35)(H,30,33)(H,31,36)/t11-,12-,13?,14?,15?,16?,17-,23?/m1/s1. The number of nitriles is 1. The summed E-state index contributed by atoms with van der Waals surface area (Å²) >= 11 is 0. The van der Waals surface area contributed by atoms with Crippen LogP contribution in [0.25, 0.3) is 0 Å². The fraction of sp³-hybridized carbons (Fsp3) is 0.792. The number of ether oxygens (including phenoxy) is 1. The Labute approximate surface area is 212 Å². The molecular weight excluding hydrogens is 495 g/mol. The number of hydrogen-bond acceptors (Lipinski definition) is 6. The van der Waals surface area contributed by atoms with Crippen molar-refractivity contribution in [2.24, 2.45) is 34.8 Å². The normalized spacial score (nSPS) is 34.5. The molecule has 2 bridgehead atoms. The Morgan fingerprint density at radius 3 is 2.41 bits per heavy atom. The van der Waals surface area contributed by atoms with E-state index in [1.54, 1.807) is 5.32 Å². The fourth-order valence-corrected chi connectivity index (χ4v) is 6.82. The van der Waals surface area contributed by atoms with Gasteiger partial charge < -0.3 is 26.0 Å². The van der Waals surface area contributed by atoms with Gasteiger partial charge in [0.05, 0.1) is 24.2 Å². The fourth-order valence-electron chi connectivity index (χ4n) is 6.82. The van der Waals surface area contributed by atoms with Gasteiger partial charge in [0.25, 0.3) is 0 Å². The van der Waals surface area contributed by atoms with Crippen molar-refractivity contribution in [3.05, 3.63) is 0 Å². The molecule has 4 N–H and O–H groups in total. The Hall–Kier alpha value is -2.88. The van der Waals surface area contributed by atoms with E-state index < -0.39 is 64.8 Å². The van der Waals surface area contributed by atoms with E-state index in [9.17, 15) is 37.6 Å². The number of halogens is 3. The van der Waals surface area contributed by atoms with Gasteiger partial charge in [-0.2, -0.15) is 18.4 Å². The van der Waals surface area contributed by atoms with Gasteiger partial charge in [-0.25, -0.2) is 0 Å². The maximum atomic E-state index is 14.1. The van der Waals surface area contributed by atoms with Gasteiger partial charge in [-0.05, 0) is 31.1 Å².